The molecule has 0 radical (unpaired) electrons. The van der Waals surface area contributed by atoms with Gasteiger partial charge in [-0.25, -0.2) is 4.98 Å². The molecular weight excluding hydrogens is 218 g/mol. The fourth-order valence-electron chi connectivity index (χ4n) is 2.22. The molecule has 2 rings (SSSR count). The van der Waals surface area contributed by atoms with Crippen molar-refractivity contribution in [2.75, 3.05) is 13.1 Å². The Kier molecular flexibility index (Phi) is 4.32. The lowest BCUT2D eigenvalue weighted by molar-refractivity contribution is 0.290. The number of aromatic nitrogens is 1. The van der Waals surface area contributed by atoms with E-state index in [0.29, 0.717) is 6.04 Å². The van der Waals surface area contributed by atoms with Gasteiger partial charge in [-0.3, -0.25) is 0 Å². The first-order chi connectivity index (χ1) is 7.77. The minimum Gasteiger partial charge on any atom is -0.312 e. The molecule has 0 saturated carbocycles. The standard InChI is InChI=1S/C12H21N3S/c1-9-4-3-5-14-11(9)6-13-7-12-10(2)15-8-16-12/h8-9,11,13-14H,3-7H2,1-2H3. The van der Waals surface area contributed by atoms with Crippen molar-refractivity contribution in [2.24, 2.45) is 5.92 Å². The molecule has 2 heterocycles. The Labute approximate surface area is 102 Å². The third kappa shape index (κ3) is 3.03. The minimum absolute atomic E-state index is 0.641. The van der Waals surface area contributed by atoms with Gasteiger partial charge in [-0.15, -0.1) is 11.3 Å². The highest BCUT2D eigenvalue weighted by atomic mass is 32.1. The average Bonchev–Trinajstić information content (AvgIpc) is 2.67. The zero-order valence-corrected chi connectivity index (χ0v) is 10.9. The van der Waals surface area contributed by atoms with E-state index in [1.165, 1.54) is 30.0 Å². The highest BCUT2D eigenvalue weighted by Gasteiger charge is 2.19. The summed E-state index contributed by atoms with van der Waals surface area (Å²) in [5.41, 5.74) is 3.09. The second kappa shape index (κ2) is 5.75. The number of aryl methyl sites for hydroxylation is 1. The molecular formula is C12H21N3S. The van der Waals surface area contributed by atoms with Crippen molar-refractivity contribution in [2.45, 2.75) is 39.3 Å². The van der Waals surface area contributed by atoms with E-state index in [0.717, 1.165) is 19.0 Å². The number of hydrogen-bond acceptors (Lipinski definition) is 4. The van der Waals surface area contributed by atoms with E-state index in [2.05, 4.69) is 29.5 Å². The van der Waals surface area contributed by atoms with Gasteiger partial charge in [0.2, 0.25) is 0 Å². The van der Waals surface area contributed by atoms with Crippen LogP contribution < -0.4 is 10.6 Å². The molecule has 1 saturated heterocycles. The second-order valence-corrected chi connectivity index (χ2v) is 5.61. The van der Waals surface area contributed by atoms with Gasteiger partial charge in [0.1, 0.15) is 0 Å². The largest absolute Gasteiger partial charge is 0.312 e. The lowest BCUT2D eigenvalue weighted by atomic mass is 9.93. The van der Waals surface area contributed by atoms with Crippen molar-refractivity contribution in [1.82, 2.24) is 15.6 Å². The lowest BCUT2D eigenvalue weighted by Crippen LogP contribution is -2.46. The summed E-state index contributed by atoms with van der Waals surface area (Å²) in [6.45, 7) is 7.63. The number of hydrogen-bond donors (Lipinski definition) is 2. The number of nitrogens with one attached hydrogen (secondary N) is 2. The predicted molar refractivity (Wildman–Crippen MR) is 68.7 cm³/mol. The van der Waals surface area contributed by atoms with Gasteiger partial charge in [0.15, 0.2) is 0 Å². The molecule has 2 N–H and O–H groups in total. The summed E-state index contributed by atoms with van der Waals surface area (Å²) in [5.74, 6) is 0.795. The van der Waals surface area contributed by atoms with Gasteiger partial charge in [0, 0.05) is 24.0 Å². The maximum atomic E-state index is 4.26. The molecule has 0 aliphatic carbocycles. The monoisotopic (exact) mass is 239 g/mol. The predicted octanol–water partition coefficient (Wildman–Crippen LogP) is 1.93. The highest BCUT2D eigenvalue weighted by Crippen LogP contribution is 2.15. The maximum absolute atomic E-state index is 4.26. The fourth-order valence-corrected chi connectivity index (χ4v) is 2.97. The van der Waals surface area contributed by atoms with E-state index in [1.807, 2.05) is 5.51 Å². The van der Waals surface area contributed by atoms with Gasteiger partial charge in [-0.05, 0) is 32.2 Å². The molecule has 90 valence electrons. The fraction of sp³-hybridized carbons (Fsp3) is 0.750. The second-order valence-electron chi connectivity index (χ2n) is 4.67. The number of nitrogens with zero attached hydrogens (tertiary/aromatic N) is 1. The minimum atomic E-state index is 0.641. The van der Waals surface area contributed by atoms with Crippen LogP contribution >= 0.6 is 11.3 Å². The van der Waals surface area contributed by atoms with Crippen molar-refractivity contribution >= 4 is 11.3 Å². The van der Waals surface area contributed by atoms with Crippen molar-refractivity contribution < 1.29 is 0 Å². The van der Waals surface area contributed by atoms with Crippen LogP contribution in [-0.4, -0.2) is 24.1 Å². The highest BCUT2D eigenvalue weighted by molar-refractivity contribution is 7.09. The van der Waals surface area contributed by atoms with Gasteiger partial charge in [0.25, 0.3) is 0 Å². The van der Waals surface area contributed by atoms with E-state index >= 15 is 0 Å². The van der Waals surface area contributed by atoms with Crippen LogP contribution in [0.15, 0.2) is 5.51 Å². The van der Waals surface area contributed by atoms with Crippen LogP contribution in [0.1, 0.15) is 30.3 Å². The third-order valence-electron chi connectivity index (χ3n) is 3.42. The molecule has 1 aliphatic rings. The lowest BCUT2D eigenvalue weighted by Gasteiger charge is -2.30. The van der Waals surface area contributed by atoms with E-state index in [1.54, 1.807) is 11.3 Å². The van der Waals surface area contributed by atoms with Crippen LogP contribution in [0.4, 0.5) is 0 Å². The number of thiazole rings is 1. The van der Waals surface area contributed by atoms with Crippen molar-refractivity contribution in [3.05, 3.63) is 16.1 Å². The van der Waals surface area contributed by atoms with Crippen LogP contribution in [0.25, 0.3) is 0 Å². The van der Waals surface area contributed by atoms with Crippen LogP contribution in [0.3, 0.4) is 0 Å². The number of rotatable bonds is 4. The van der Waals surface area contributed by atoms with Crippen LogP contribution in [0.5, 0.6) is 0 Å². The van der Waals surface area contributed by atoms with Crippen LogP contribution in [0, 0.1) is 12.8 Å². The SMILES string of the molecule is Cc1ncsc1CNCC1NCCCC1C. The molecule has 1 aliphatic heterocycles. The Morgan fingerprint density at radius 3 is 3.19 bits per heavy atom. The Balaban J connectivity index is 1.73. The molecule has 0 bridgehead atoms. The summed E-state index contributed by atoms with van der Waals surface area (Å²) in [5, 5.41) is 7.13. The molecule has 1 fully saturated rings. The van der Waals surface area contributed by atoms with E-state index in [-0.39, 0.29) is 0 Å². The van der Waals surface area contributed by atoms with Gasteiger partial charge in [0.05, 0.1) is 11.2 Å². The normalized spacial score (nSPS) is 25.9. The molecule has 0 aromatic carbocycles. The Bertz CT molecular complexity index is 324. The van der Waals surface area contributed by atoms with Gasteiger partial charge in [-0.1, -0.05) is 6.92 Å². The van der Waals surface area contributed by atoms with E-state index < -0.39 is 0 Å². The third-order valence-corrected chi connectivity index (χ3v) is 4.36. The molecule has 1 aromatic heterocycles. The molecule has 2 atom stereocenters. The van der Waals surface area contributed by atoms with Crippen molar-refractivity contribution in [1.29, 1.82) is 0 Å². The Morgan fingerprint density at radius 2 is 2.50 bits per heavy atom. The Hall–Kier alpha value is -0.450. The first kappa shape index (κ1) is 12.0. The summed E-state index contributed by atoms with van der Waals surface area (Å²) in [6.07, 6.45) is 2.69. The Morgan fingerprint density at radius 1 is 1.62 bits per heavy atom. The van der Waals surface area contributed by atoms with Crippen LogP contribution in [0.2, 0.25) is 0 Å². The van der Waals surface area contributed by atoms with Gasteiger partial charge in [-0.2, -0.15) is 0 Å². The number of piperidine rings is 1. The molecule has 3 nitrogen and oxygen atoms in total. The van der Waals surface area contributed by atoms with Gasteiger partial charge < -0.3 is 10.6 Å². The van der Waals surface area contributed by atoms with Crippen LogP contribution in [-0.2, 0) is 6.54 Å². The van der Waals surface area contributed by atoms with Gasteiger partial charge >= 0.3 is 0 Å². The average molecular weight is 239 g/mol. The topological polar surface area (TPSA) is 37.0 Å². The molecule has 0 spiro atoms. The molecule has 4 heteroatoms. The smallest absolute Gasteiger partial charge is 0.0798 e. The first-order valence-corrected chi connectivity index (χ1v) is 6.98. The first-order valence-electron chi connectivity index (χ1n) is 6.10. The van der Waals surface area contributed by atoms with Crippen molar-refractivity contribution in [3.8, 4) is 0 Å². The summed E-state index contributed by atoms with van der Waals surface area (Å²) in [7, 11) is 0. The summed E-state index contributed by atoms with van der Waals surface area (Å²) >= 11 is 1.74. The molecule has 1 aromatic rings. The van der Waals surface area contributed by atoms with E-state index in [9.17, 15) is 0 Å². The van der Waals surface area contributed by atoms with Crippen molar-refractivity contribution in [3.63, 3.8) is 0 Å². The van der Waals surface area contributed by atoms with E-state index in [4.69, 9.17) is 0 Å². The molecule has 0 amide bonds. The molecule has 2 unspecified atom stereocenters. The summed E-state index contributed by atoms with van der Waals surface area (Å²) in [4.78, 5) is 5.62. The zero-order valence-electron chi connectivity index (χ0n) is 10.1. The molecule has 16 heavy (non-hydrogen) atoms. The summed E-state index contributed by atoms with van der Waals surface area (Å²) in [6, 6.07) is 0.641. The maximum Gasteiger partial charge on any atom is 0.0798 e. The zero-order chi connectivity index (χ0) is 11.4. The summed E-state index contributed by atoms with van der Waals surface area (Å²) < 4.78 is 0. The quantitative estimate of drug-likeness (QED) is 0.843.